The largest absolute Gasteiger partial charge is 0.379 e. The van der Waals surface area contributed by atoms with Gasteiger partial charge in [0.15, 0.2) is 0 Å². The lowest BCUT2D eigenvalue weighted by Crippen LogP contribution is -2.58. The molecule has 1 amide bonds. The first-order valence-electron chi connectivity index (χ1n) is 6.93. The van der Waals surface area contributed by atoms with Gasteiger partial charge >= 0.3 is 0 Å². The fourth-order valence-electron chi connectivity index (χ4n) is 3.12. The molecule has 2 atom stereocenters. The van der Waals surface area contributed by atoms with E-state index in [9.17, 15) is 4.79 Å². The number of thioether (sulfide) groups is 1. The van der Waals surface area contributed by atoms with Crippen molar-refractivity contribution in [3.8, 4) is 0 Å². The quantitative estimate of drug-likeness (QED) is 0.729. The molecule has 1 saturated carbocycles. The molecule has 0 aromatic heterocycles. The molecule has 0 aromatic carbocycles. The van der Waals surface area contributed by atoms with Gasteiger partial charge in [-0.05, 0) is 37.5 Å². The number of rotatable bonds is 7. The summed E-state index contributed by atoms with van der Waals surface area (Å²) in [4.78, 5) is 11.8. The molecule has 0 radical (unpaired) electrons. The van der Waals surface area contributed by atoms with E-state index in [1.807, 2.05) is 18.7 Å². The van der Waals surface area contributed by atoms with Crippen LogP contribution in [0.2, 0.25) is 0 Å². The van der Waals surface area contributed by atoms with E-state index in [0.717, 1.165) is 51.2 Å². The zero-order valence-corrected chi connectivity index (χ0v) is 11.9. The number of carbonyl (C=O) groups is 1. The summed E-state index contributed by atoms with van der Waals surface area (Å²) in [5, 5.41) is 4.04. The molecule has 2 rings (SSSR count). The molecule has 2 fully saturated rings. The maximum absolute atomic E-state index is 11.8. The number of nitrogens with two attached hydrogens (primary N) is 1. The van der Waals surface area contributed by atoms with E-state index in [-0.39, 0.29) is 5.91 Å². The van der Waals surface area contributed by atoms with Crippen molar-refractivity contribution in [1.29, 1.82) is 0 Å². The van der Waals surface area contributed by atoms with Crippen LogP contribution in [0.15, 0.2) is 0 Å². The van der Waals surface area contributed by atoms with Gasteiger partial charge in [0.05, 0.1) is 18.5 Å². The van der Waals surface area contributed by atoms with Gasteiger partial charge in [-0.25, -0.2) is 0 Å². The number of amides is 1. The van der Waals surface area contributed by atoms with Crippen LogP contribution in [-0.4, -0.2) is 42.2 Å². The van der Waals surface area contributed by atoms with E-state index in [4.69, 9.17) is 10.5 Å². The normalized spacial score (nSPS) is 32.4. The molecular weight excluding hydrogens is 248 g/mol. The molecule has 1 aliphatic carbocycles. The Bertz CT molecular complexity index is 297. The molecule has 2 unspecified atom stereocenters. The van der Waals surface area contributed by atoms with Crippen LogP contribution in [0.5, 0.6) is 0 Å². The van der Waals surface area contributed by atoms with Gasteiger partial charge in [-0.1, -0.05) is 13.3 Å². The maximum Gasteiger partial charge on any atom is 0.238 e. The standard InChI is InChI=1S/C13H24N2O2S/c1-2-15-13(12(14)16)6-3-4-10(13)5-7-18-11-8-17-9-11/h10-11,15H,2-9H2,1H3,(H2,14,16). The molecule has 2 aliphatic rings. The molecule has 0 aromatic rings. The van der Waals surface area contributed by atoms with E-state index < -0.39 is 5.54 Å². The van der Waals surface area contributed by atoms with Crippen LogP contribution in [0.25, 0.3) is 0 Å². The van der Waals surface area contributed by atoms with Crippen molar-refractivity contribution in [3.63, 3.8) is 0 Å². The highest BCUT2D eigenvalue weighted by Gasteiger charge is 2.46. The minimum absolute atomic E-state index is 0.163. The van der Waals surface area contributed by atoms with E-state index >= 15 is 0 Å². The molecule has 1 aliphatic heterocycles. The van der Waals surface area contributed by atoms with Crippen LogP contribution >= 0.6 is 11.8 Å². The number of likely N-dealkylation sites (N-methyl/N-ethyl adjacent to an activating group) is 1. The van der Waals surface area contributed by atoms with Crippen LogP contribution in [-0.2, 0) is 9.53 Å². The SMILES string of the molecule is CCNC1(C(N)=O)CCCC1CCSC1COC1. The van der Waals surface area contributed by atoms with Crippen molar-refractivity contribution in [3.05, 3.63) is 0 Å². The van der Waals surface area contributed by atoms with Crippen molar-refractivity contribution >= 4 is 17.7 Å². The van der Waals surface area contributed by atoms with Gasteiger partial charge in [0, 0.05) is 0 Å². The van der Waals surface area contributed by atoms with Crippen molar-refractivity contribution in [2.75, 3.05) is 25.5 Å². The van der Waals surface area contributed by atoms with Gasteiger partial charge < -0.3 is 15.8 Å². The second-order valence-corrected chi connectivity index (χ2v) is 6.68. The zero-order valence-electron chi connectivity index (χ0n) is 11.1. The average molecular weight is 272 g/mol. The van der Waals surface area contributed by atoms with E-state index in [1.54, 1.807) is 0 Å². The second kappa shape index (κ2) is 6.26. The van der Waals surface area contributed by atoms with Gasteiger partial charge in [-0.2, -0.15) is 11.8 Å². The smallest absolute Gasteiger partial charge is 0.238 e. The van der Waals surface area contributed by atoms with Crippen molar-refractivity contribution < 1.29 is 9.53 Å². The number of hydrogen-bond acceptors (Lipinski definition) is 4. The second-order valence-electron chi connectivity index (χ2n) is 5.27. The van der Waals surface area contributed by atoms with Crippen molar-refractivity contribution in [1.82, 2.24) is 5.32 Å². The molecular formula is C13H24N2O2S. The number of hydrogen-bond donors (Lipinski definition) is 2. The van der Waals surface area contributed by atoms with Crippen LogP contribution in [0.3, 0.4) is 0 Å². The molecule has 3 N–H and O–H groups in total. The van der Waals surface area contributed by atoms with Crippen LogP contribution in [0, 0.1) is 5.92 Å². The van der Waals surface area contributed by atoms with Crippen LogP contribution < -0.4 is 11.1 Å². The summed E-state index contributed by atoms with van der Waals surface area (Å²) in [7, 11) is 0. The Morgan fingerprint density at radius 3 is 2.89 bits per heavy atom. The minimum Gasteiger partial charge on any atom is -0.379 e. The van der Waals surface area contributed by atoms with Crippen LogP contribution in [0.4, 0.5) is 0 Å². The average Bonchev–Trinajstić information content (AvgIpc) is 2.67. The fraction of sp³-hybridized carbons (Fsp3) is 0.923. The Labute approximate surface area is 113 Å². The predicted molar refractivity (Wildman–Crippen MR) is 74.6 cm³/mol. The Kier molecular flexibility index (Phi) is 4.92. The van der Waals surface area contributed by atoms with Gasteiger partial charge in [0.2, 0.25) is 5.91 Å². The lowest BCUT2D eigenvalue weighted by atomic mass is 9.84. The molecule has 5 heteroatoms. The van der Waals surface area contributed by atoms with Crippen LogP contribution in [0.1, 0.15) is 32.6 Å². The Balaban J connectivity index is 1.85. The monoisotopic (exact) mass is 272 g/mol. The summed E-state index contributed by atoms with van der Waals surface area (Å²) >= 11 is 1.98. The van der Waals surface area contributed by atoms with Gasteiger partial charge in [-0.3, -0.25) is 4.79 Å². The maximum atomic E-state index is 11.8. The predicted octanol–water partition coefficient (Wildman–Crippen LogP) is 1.14. The number of carbonyl (C=O) groups excluding carboxylic acids is 1. The highest BCUT2D eigenvalue weighted by molar-refractivity contribution is 8.00. The lowest BCUT2D eigenvalue weighted by Gasteiger charge is -2.34. The highest BCUT2D eigenvalue weighted by Crippen LogP contribution is 2.39. The molecule has 1 heterocycles. The fourth-order valence-corrected chi connectivity index (χ4v) is 4.25. The molecule has 104 valence electrons. The molecule has 18 heavy (non-hydrogen) atoms. The number of ether oxygens (including phenoxy) is 1. The Morgan fingerprint density at radius 2 is 2.33 bits per heavy atom. The highest BCUT2D eigenvalue weighted by atomic mass is 32.2. The summed E-state index contributed by atoms with van der Waals surface area (Å²) in [6, 6.07) is 0. The number of nitrogens with one attached hydrogen (secondary N) is 1. The topological polar surface area (TPSA) is 64.3 Å². The van der Waals surface area contributed by atoms with E-state index in [0.29, 0.717) is 11.2 Å². The first-order valence-corrected chi connectivity index (χ1v) is 7.98. The Hall–Kier alpha value is -0.260. The first kappa shape index (κ1) is 14.2. The van der Waals surface area contributed by atoms with Crippen molar-refractivity contribution in [2.45, 2.75) is 43.4 Å². The third kappa shape index (κ3) is 2.83. The number of primary amides is 1. The minimum atomic E-state index is -0.439. The third-order valence-corrected chi connectivity index (χ3v) is 5.39. The summed E-state index contributed by atoms with van der Waals surface area (Å²) in [5.41, 5.74) is 5.21. The third-order valence-electron chi connectivity index (χ3n) is 4.18. The summed E-state index contributed by atoms with van der Waals surface area (Å²) < 4.78 is 5.17. The van der Waals surface area contributed by atoms with E-state index in [2.05, 4.69) is 5.32 Å². The molecule has 1 saturated heterocycles. The Morgan fingerprint density at radius 1 is 1.56 bits per heavy atom. The lowest BCUT2D eigenvalue weighted by molar-refractivity contribution is -0.125. The van der Waals surface area contributed by atoms with Gasteiger partial charge in [0.1, 0.15) is 5.54 Å². The molecule has 0 bridgehead atoms. The first-order chi connectivity index (χ1) is 8.69. The zero-order chi connectivity index (χ0) is 13.0. The summed E-state index contributed by atoms with van der Waals surface area (Å²) in [5.74, 6) is 1.35. The summed E-state index contributed by atoms with van der Waals surface area (Å²) in [6.45, 7) is 4.64. The van der Waals surface area contributed by atoms with Gasteiger partial charge in [-0.15, -0.1) is 0 Å². The molecule has 0 spiro atoms. The van der Waals surface area contributed by atoms with Crippen molar-refractivity contribution in [2.24, 2.45) is 11.7 Å². The van der Waals surface area contributed by atoms with E-state index in [1.165, 1.54) is 0 Å². The van der Waals surface area contributed by atoms with Gasteiger partial charge in [0.25, 0.3) is 0 Å². The summed E-state index contributed by atoms with van der Waals surface area (Å²) in [6.07, 6.45) is 4.21. The molecule has 4 nitrogen and oxygen atoms in total.